The fourth-order valence-corrected chi connectivity index (χ4v) is 10.3. The fraction of sp³-hybridized carbons (Fsp3) is 0.0606. The number of rotatable bonds is 7. The Labute approximate surface area is 407 Å². The lowest BCUT2D eigenvalue weighted by atomic mass is 9.96. The van der Waals surface area contributed by atoms with Gasteiger partial charge in [-0.05, 0) is 144 Å². The second-order valence-electron chi connectivity index (χ2n) is 18.7. The standard InChI is InChI=1S/C66H46N4/c1-41-8-16-46(17-9-41)50-24-29-61-56(35-50)57-36-51(47-18-10-42(2)11-19-47)25-30-62(57)69(61)65-33-28-55(54-7-5-6-45(34-54)39-67)66(60(65)40-68)70-63-31-26-52(48-20-12-43(3)13-21-48)37-58(63)59-38-53(27-32-64(59)70)49-22-14-44(4)15-23-49/h5-38H,1-4H3. The van der Waals surface area contributed by atoms with Crippen LogP contribution in [0.25, 0.3) is 111 Å². The predicted molar refractivity (Wildman–Crippen MR) is 291 cm³/mol. The molecule has 0 aliphatic heterocycles. The van der Waals surface area contributed by atoms with Crippen LogP contribution in [0.2, 0.25) is 0 Å². The maximum absolute atomic E-state index is 11.9. The van der Waals surface area contributed by atoms with Crippen molar-refractivity contribution in [3.05, 3.63) is 240 Å². The summed E-state index contributed by atoms with van der Waals surface area (Å²) in [7, 11) is 0. The second-order valence-corrected chi connectivity index (χ2v) is 18.7. The molecule has 0 radical (unpaired) electrons. The van der Waals surface area contributed by atoms with Crippen molar-refractivity contribution < 1.29 is 0 Å². The lowest BCUT2D eigenvalue weighted by molar-refractivity contribution is 1.12. The Morgan fingerprint density at radius 2 is 0.671 bits per heavy atom. The van der Waals surface area contributed by atoms with E-state index in [-0.39, 0.29) is 0 Å². The highest BCUT2D eigenvalue weighted by Gasteiger charge is 2.25. The number of aryl methyl sites for hydroxylation is 4. The molecule has 10 aromatic carbocycles. The van der Waals surface area contributed by atoms with Gasteiger partial charge in [0.1, 0.15) is 11.6 Å². The van der Waals surface area contributed by atoms with Crippen LogP contribution in [-0.2, 0) is 0 Å². The molecule has 4 heteroatoms. The molecule has 4 nitrogen and oxygen atoms in total. The molecule has 0 atom stereocenters. The zero-order valence-electron chi connectivity index (χ0n) is 39.4. The molecule has 0 unspecified atom stereocenters. The van der Waals surface area contributed by atoms with Gasteiger partial charge in [-0.15, -0.1) is 0 Å². The molecule has 330 valence electrons. The van der Waals surface area contributed by atoms with Gasteiger partial charge in [0.2, 0.25) is 0 Å². The third-order valence-corrected chi connectivity index (χ3v) is 14.1. The molecule has 0 saturated carbocycles. The fourth-order valence-electron chi connectivity index (χ4n) is 10.3. The molecule has 0 saturated heterocycles. The Hall–Kier alpha value is -9.22. The molecular formula is C66H46N4. The van der Waals surface area contributed by atoms with Gasteiger partial charge in [-0.25, -0.2) is 0 Å². The SMILES string of the molecule is Cc1ccc(-c2ccc3c(c2)c2cc(-c4ccc(C)cc4)ccc2n3-c2ccc(-c3cccc(C#N)c3)c(-n3c4ccc(-c5ccc(C)cc5)cc4c4cc(-c5ccc(C)cc5)ccc43)c2C#N)cc1. The van der Waals surface area contributed by atoms with Crippen LogP contribution in [0.5, 0.6) is 0 Å². The first-order chi connectivity index (χ1) is 34.2. The van der Waals surface area contributed by atoms with Gasteiger partial charge >= 0.3 is 0 Å². The summed E-state index contributed by atoms with van der Waals surface area (Å²) in [5.41, 5.74) is 22.2. The smallest absolute Gasteiger partial charge is 0.104 e. The molecular weight excluding hydrogens is 849 g/mol. The zero-order chi connectivity index (χ0) is 47.6. The predicted octanol–water partition coefficient (Wildman–Crippen LogP) is 17.2. The minimum absolute atomic E-state index is 0.521. The summed E-state index contributed by atoms with van der Waals surface area (Å²) in [4.78, 5) is 0. The maximum Gasteiger partial charge on any atom is 0.104 e. The summed E-state index contributed by atoms with van der Waals surface area (Å²) in [6.07, 6.45) is 0. The van der Waals surface area contributed by atoms with E-state index in [2.05, 4.69) is 231 Å². The molecule has 0 aliphatic rings. The summed E-state index contributed by atoms with van der Waals surface area (Å²) in [6.45, 7) is 8.46. The largest absolute Gasteiger partial charge is 0.308 e. The van der Waals surface area contributed by atoms with Crippen LogP contribution in [0.4, 0.5) is 0 Å². The highest BCUT2D eigenvalue weighted by molar-refractivity contribution is 6.14. The minimum Gasteiger partial charge on any atom is -0.308 e. The van der Waals surface area contributed by atoms with Crippen molar-refractivity contribution in [3.8, 4) is 79.1 Å². The number of benzene rings is 10. The van der Waals surface area contributed by atoms with Crippen molar-refractivity contribution in [1.29, 1.82) is 10.5 Å². The molecule has 12 rings (SSSR count). The quantitative estimate of drug-likeness (QED) is 0.160. The van der Waals surface area contributed by atoms with Crippen LogP contribution in [0, 0.1) is 50.4 Å². The molecule has 0 N–H and O–H groups in total. The van der Waals surface area contributed by atoms with Crippen molar-refractivity contribution in [2.45, 2.75) is 27.7 Å². The third-order valence-electron chi connectivity index (χ3n) is 14.1. The minimum atomic E-state index is 0.521. The van der Waals surface area contributed by atoms with Crippen LogP contribution in [0.3, 0.4) is 0 Å². The normalized spacial score (nSPS) is 11.4. The Bertz CT molecular complexity index is 3930. The average Bonchev–Trinajstić information content (AvgIpc) is 3.90. The van der Waals surface area contributed by atoms with Gasteiger partial charge in [0.05, 0.1) is 45.1 Å². The Kier molecular flexibility index (Phi) is 10.1. The van der Waals surface area contributed by atoms with Gasteiger partial charge < -0.3 is 9.13 Å². The number of fused-ring (bicyclic) bond motifs is 6. The number of nitrogens with zero attached hydrogens (tertiary/aromatic N) is 4. The summed E-state index contributed by atoms with van der Waals surface area (Å²) in [6, 6.07) is 78.7. The van der Waals surface area contributed by atoms with Crippen molar-refractivity contribution in [2.24, 2.45) is 0 Å². The summed E-state index contributed by atoms with van der Waals surface area (Å²) in [5, 5.41) is 26.4. The molecule has 0 amide bonds. The molecule has 70 heavy (non-hydrogen) atoms. The molecule has 0 fully saturated rings. The lowest BCUT2D eigenvalue weighted by Crippen LogP contribution is -2.06. The van der Waals surface area contributed by atoms with Crippen LogP contribution in [0.15, 0.2) is 206 Å². The van der Waals surface area contributed by atoms with Crippen LogP contribution in [-0.4, -0.2) is 9.13 Å². The number of hydrogen-bond donors (Lipinski definition) is 0. The highest BCUT2D eigenvalue weighted by atomic mass is 15.0. The van der Waals surface area contributed by atoms with E-state index in [1.54, 1.807) is 0 Å². The Morgan fingerprint density at radius 1 is 0.314 bits per heavy atom. The summed E-state index contributed by atoms with van der Waals surface area (Å²) >= 11 is 0. The third kappa shape index (κ3) is 7.14. The summed E-state index contributed by atoms with van der Waals surface area (Å²) in [5.74, 6) is 0. The average molecular weight is 895 g/mol. The topological polar surface area (TPSA) is 57.4 Å². The van der Waals surface area contributed by atoms with Crippen LogP contribution >= 0.6 is 0 Å². The first-order valence-corrected chi connectivity index (χ1v) is 23.8. The highest BCUT2D eigenvalue weighted by Crippen LogP contribution is 2.44. The Balaban J connectivity index is 1.18. The zero-order valence-corrected chi connectivity index (χ0v) is 39.4. The van der Waals surface area contributed by atoms with Crippen molar-refractivity contribution in [3.63, 3.8) is 0 Å². The second kappa shape index (κ2) is 16.8. The first kappa shape index (κ1) is 42.2. The van der Waals surface area contributed by atoms with E-state index in [0.29, 0.717) is 11.1 Å². The van der Waals surface area contributed by atoms with E-state index in [1.165, 1.54) is 22.3 Å². The van der Waals surface area contributed by atoms with E-state index in [1.807, 2.05) is 24.3 Å². The number of aromatic nitrogens is 2. The Morgan fingerprint density at radius 3 is 1.03 bits per heavy atom. The van der Waals surface area contributed by atoms with Gasteiger partial charge in [-0.3, -0.25) is 0 Å². The molecule has 0 aliphatic carbocycles. The first-order valence-electron chi connectivity index (χ1n) is 23.8. The number of nitriles is 2. The van der Waals surface area contributed by atoms with E-state index >= 15 is 0 Å². The number of hydrogen-bond acceptors (Lipinski definition) is 2. The van der Waals surface area contributed by atoms with Gasteiger partial charge in [-0.1, -0.05) is 162 Å². The van der Waals surface area contributed by atoms with E-state index in [0.717, 1.165) is 111 Å². The molecule has 2 aromatic heterocycles. The van der Waals surface area contributed by atoms with Crippen LogP contribution < -0.4 is 0 Å². The monoisotopic (exact) mass is 894 g/mol. The van der Waals surface area contributed by atoms with Crippen molar-refractivity contribution >= 4 is 43.6 Å². The van der Waals surface area contributed by atoms with Crippen molar-refractivity contribution in [2.75, 3.05) is 0 Å². The van der Waals surface area contributed by atoms with E-state index in [4.69, 9.17) is 0 Å². The summed E-state index contributed by atoms with van der Waals surface area (Å²) < 4.78 is 4.57. The molecule has 0 bridgehead atoms. The molecule has 12 aromatic rings. The van der Waals surface area contributed by atoms with E-state index in [9.17, 15) is 10.5 Å². The van der Waals surface area contributed by atoms with Gasteiger partial charge in [0.15, 0.2) is 0 Å². The van der Waals surface area contributed by atoms with E-state index < -0.39 is 0 Å². The van der Waals surface area contributed by atoms with Crippen molar-refractivity contribution in [1.82, 2.24) is 9.13 Å². The van der Waals surface area contributed by atoms with Gasteiger partial charge in [0, 0.05) is 27.1 Å². The lowest BCUT2D eigenvalue weighted by Gasteiger charge is -2.20. The maximum atomic E-state index is 11.9. The van der Waals surface area contributed by atoms with Gasteiger partial charge in [-0.2, -0.15) is 10.5 Å². The molecule has 2 heterocycles. The van der Waals surface area contributed by atoms with Gasteiger partial charge in [0.25, 0.3) is 0 Å². The molecule has 0 spiro atoms. The van der Waals surface area contributed by atoms with Crippen LogP contribution in [0.1, 0.15) is 33.4 Å².